The topological polar surface area (TPSA) is 93.5 Å². The second kappa shape index (κ2) is 5.55. The van der Waals surface area contributed by atoms with E-state index in [0.717, 1.165) is 0 Å². The van der Waals surface area contributed by atoms with Gasteiger partial charge >= 0.3 is 0 Å². The first kappa shape index (κ1) is 11.8. The standard InChI is InChI=1S/C11H14N4O/c1-14-6-5-10(13)15-11(16)8-3-2-4-9(12)7-8/h2-7,14H,12H2,1H3,(H2,13,15,16)/b6-5-. The van der Waals surface area contributed by atoms with E-state index >= 15 is 0 Å². The first-order valence-corrected chi connectivity index (χ1v) is 4.71. The summed E-state index contributed by atoms with van der Waals surface area (Å²) >= 11 is 0. The van der Waals surface area contributed by atoms with Crippen molar-refractivity contribution in [3.63, 3.8) is 0 Å². The lowest BCUT2D eigenvalue weighted by atomic mass is 10.2. The summed E-state index contributed by atoms with van der Waals surface area (Å²) in [6.07, 6.45) is 3.09. The molecule has 0 spiro atoms. The molecule has 0 saturated carbocycles. The lowest BCUT2D eigenvalue weighted by molar-refractivity contribution is 0.100. The Morgan fingerprint density at radius 2 is 2.25 bits per heavy atom. The molecule has 0 atom stereocenters. The zero-order chi connectivity index (χ0) is 12.0. The van der Waals surface area contributed by atoms with E-state index in [2.05, 4.69) is 10.3 Å². The maximum atomic E-state index is 11.6. The second-order valence-corrected chi connectivity index (χ2v) is 3.09. The van der Waals surface area contributed by atoms with Crippen molar-refractivity contribution in [2.45, 2.75) is 0 Å². The van der Waals surface area contributed by atoms with E-state index in [4.69, 9.17) is 11.5 Å². The summed E-state index contributed by atoms with van der Waals surface area (Å²) in [4.78, 5) is 15.3. The van der Waals surface area contributed by atoms with Crippen molar-refractivity contribution in [3.05, 3.63) is 42.1 Å². The molecule has 0 aliphatic heterocycles. The first-order valence-electron chi connectivity index (χ1n) is 4.71. The van der Waals surface area contributed by atoms with E-state index in [-0.39, 0.29) is 5.84 Å². The Hall–Kier alpha value is -2.30. The Morgan fingerprint density at radius 3 is 2.88 bits per heavy atom. The number of nitrogen functional groups attached to an aromatic ring is 1. The minimum Gasteiger partial charge on any atom is -0.399 e. The molecule has 1 aromatic rings. The molecule has 5 nitrogen and oxygen atoms in total. The van der Waals surface area contributed by atoms with E-state index in [1.807, 2.05) is 0 Å². The fraction of sp³-hybridized carbons (Fsp3) is 0.0909. The molecule has 0 saturated heterocycles. The highest BCUT2D eigenvalue weighted by atomic mass is 16.1. The van der Waals surface area contributed by atoms with E-state index in [9.17, 15) is 4.79 Å². The number of nitrogens with two attached hydrogens (primary N) is 2. The van der Waals surface area contributed by atoms with Gasteiger partial charge in [0, 0.05) is 18.3 Å². The predicted octanol–water partition coefficient (Wildman–Crippen LogP) is 0.499. The van der Waals surface area contributed by atoms with Crippen molar-refractivity contribution in [2.24, 2.45) is 10.7 Å². The SMILES string of the molecule is CN/C=C\C(N)=NC(=O)c1cccc(N)c1. The Bertz CT molecular complexity index is 437. The number of nitrogens with zero attached hydrogens (tertiary/aromatic N) is 1. The fourth-order valence-corrected chi connectivity index (χ4v) is 1.06. The summed E-state index contributed by atoms with van der Waals surface area (Å²) in [5.74, 6) is -0.271. The van der Waals surface area contributed by atoms with Crippen LogP contribution in [0.2, 0.25) is 0 Å². The number of hydrogen-bond donors (Lipinski definition) is 3. The molecular weight excluding hydrogens is 204 g/mol. The van der Waals surface area contributed by atoms with Gasteiger partial charge in [0.1, 0.15) is 5.84 Å². The third-order valence-electron chi connectivity index (χ3n) is 1.78. The van der Waals surface area contributed by atoms with Gasteiger partial charge in [-0.2, -0.15) is 4.99 Å². The maximum Gasteiger partial charge on any atom is 0.278 e. The molecule has 0 heterocycles. The predicted molar refractivity (Wildman–Crippen MR) is 65.0 cm³/mol. The largest absolute Gasteiger partial charge is 0.399 e. The maximum absolute atomic E-state index is 11.6. The van der Waals surface area contributed by atoms with E-state index in [1.165, 1.54) is 6.08 Å². The monoisotopic (exact) mass is 218 g/mol. The Morgan fingerprint density at radius 1 is 1.50 bits per heavy atom. The van der Waals surface area contributed by atoms with Crippen LogP contribution in [0.3, 0.4) is 0 Å². The third-order valence-corrected chi connectivity index (χ3v) is 1.78. The number of benzene rings is 1. The summed E-state index contributed by atoms with van der Waals surface area (Å²) in [6, 6.07) is 6.58. The molecule has 5 heteroatoms. The first-order chi connectivity index (χ1) is 7.63. The zero-order valence-corrected chi connectivity index (χ0v) is 8.97. The minimum absolute atomic E-state index is 0.141. The average Bonchev–Trinajstić information content (AvgIpc) is 2.26. The number of carbonyl (C=O) groups excluding carboxylic acids is 1. The van der Waals surface area contributed by atoms with Gasteiger partial charge in [0.2, 0.25) is 0 Å². The highest BCUT2D eigenvalue weighted by Gasteiger charge is 2.03. The lowest BCUT2D eigenvalue weighted by Crippen LogP contribution is -2.12. The second-order valence-electron chi connectivity index (χ2n) is 3.09. The van der Waals surface area contributed by atoms with Crippen LogP contribution in [0.25, 0.3) is 0 Å². The molecule has 1 amide bonds. The van der Waals surface area contributed by atoms with Gasteiger partial charge in [0.15, 0.2) is 0 Å². The van der Waals surface area contributed by atoms with Gasteiger partial charge < -0.3 is 16.8 Å². The average molecular weight is 218 g/mol. The van der Waals surface area contributed by atoms with Gasteiger partial charge in [-0.05, 0) is 30.5 Å². The zero-order valence-electron chi connectivity index (χ0n) is 8.97. The van der Waals surface area contributed by atoms with Crippen LogP contribution in [0, 0.1) is 0 Å². The Balaban J connectivity index is 2.83. The molecule has 0 aliphatic rings. The van der Waals surface area contributed by atoms with Crippen LogP contribution >= 0.6 is 0 Å². The summed E-state index contributed by atoms with van der Waals surface area (Å²) in [5, 5.41) is 2.75. The lowest BCUT2D eigenvalue weighted by Gasteiger charge is -1.97. The number of rotatable bonds is 3. The van der Waals surface area contributed by atoms with Crippen LogP contribution in [0.5, 0.6) is 0 Å². The van der Waals surface area contributed by atoms with Crippen molar-refractivity contribution in [3.8, 4) is 0 Å². The molecule has 0 radical (unpaired) electrons. The number of amides is 1. The van der Waals surface area contributed by atoms with Gasteiger partial charge in [-0.3, -0.25) is 4.79 Å². The van der Waals surface area contributed by atoms with Gasteiger partial charge in [0.05, 0.1) is 0 Å². The van der Waals surface area contributed by atoms with E-state index < -0.39 is 5.91 Å². The quantitative estimate of drug-likeness (QED) is 0.391. The third kappa shape index (κ3) is 3.45. The molecule has 0 bridgehead atoms. The van der Waals surface area contributed by atoms with Crippen molar-refractivity contribution in [2.75, 3.05) is 12.8 Å². The van der Waals surface area contributed by atoms with Crippen LogP contribution in [0.1, 0.15) is 10.4 Å². The molecule has 0 fully saturated rings. The van der Waals surface area contributed by atoms with Crippen LogP contribution in [0.15, 0.2) is 41.5 Å². The minimum atomic E-state index is -0.412. The number of anilines is 1. The van der Waals surface area contributed by atoms with Gasteiger partial charge in [-0.15, -0.1) is 0 Å². The highest BCUT2D eigenvalue weighted by Crippen LogP contribution is 2.07. The van der Waals surface area contributed by atoms with E-state index in [1.54, 1.807) is 37.5 Å². The number of carbonyl (C=O) groups is 1. The normalized spacial score (nSPS) is 11.7. The molecule has 0 aliphatic carbocycles. The van der Waals surface area contributed by atoms with Gasteiger partial charge in [-0.1, -0.05) is 6.07 Å². The fourth-order valence-electron chi connectivity index (χ4n) is 1.06. The Labute approximate surface area is 93.9 Å². The molecular formula is C11H14N4O. The summed E-state index contributed by atoms with van der Waals surface area (Å²) < 4.78 is 0. The van der Waals surface area contributed by atoms with Crippen LogP contribution in [-0.2, 0) is 0 Å². The van der Waals surface area contributed by atoms with Crippen molar-refractivity contribution >= 4 is 17.4 Å². The number of hydrogen-bond acceptors (Lipinski definition) is 3. The molecule has 1 aromatic carbocycles. The number of amidine groups is 1. The number of aliphatic imine (C=N–C) groups is 1. The van der Waals surface area contributed by atoms with E-state index in [0.29, 0.717) is 11.3 Å². The molecule has 5 N–H and O–H groups in total. The molecule has 0 aromatic heterocycles. The summed E-state index contributed by atoms with van der Waals surface area (Å²) in [6.45, 7) is 0. The van der Waals surface area contributed by atoms with Crippen LogP contribution in [-0.4, -0.2) is 18.8 Å². The molecule has 84 valence electrons. The Kier molecular flexibility index (Phi) is 4.08. The van der Waals surface area contributed by atoms with Crippen LogP contribution < -0.4 is 16.8 Å². The smallest absolute Gasteiger partial charge is 0.278 e. The summed E-state index contributed by atoms with van der Waals surface area (Å²) in [5.41, 5.74) is 12.0. The number of nitrogens with one attached hydrogen (secondary N) is 1. The summed E-state index contributed by atoms with van der Waals surface area (Å²) in [7, 11) is 1.73. The highest BCUT2D eigenvalue weighted by molar-refractivity contribution is 6.06. The molecule has 16 heavy (non-hydrogen) atoms. The van der Waals surface area contributed by atoms with Crippen LogP contribution in [0.4, 0.5) is 5.69 Å². The molecule has 0 unspecified atom stereocenters. The van der Waals surface area contributed by atoms with Crippen molar-refractivity contribution in [1.82, 2.24) is 5.32 Å². The van der Waals surface area contributed by atoms with Crippen molar-refractivity contribution in [1.29, 1.82) is 0 Å². The van der Waals surface area contributed by atoms with Gasteiger partial charge in [-0.25, -0.2) is 0 Å². The van der Waals surface area contributed by atoms with Crippen molar-refractivity contribution < 1.29 is 4.79 Å². The molecule has 1 rings (SSSR count). The van der Waals surface area contributed by atoms with Gasteiger partial charge in [0.25, 0.3) is 5.91 Å².